The van der Waals surface area contributed by atoms with Gasteiger partial charge in [0.25, 0.3) is 0 Å². The summed E-state index contributed by atoms with van der Waals surface area (Å²) < 4.78 is 1.04. The average Bonchev–Trinajstić information content (AvgIpc) is 2.93. The van der Waals surface area contributed by atoms with Crippen molar-refractivity contribution in [2.24, 2.45) is 0 Å². The maximum Gasteiger partial charge on any atom is 0.325 e. The van der Waals surface area contributed by atoms with E-state index in [1.807, 2.05) is 48.5 Å². The van der Waals surface area contributed by atoms with E-state index in [4.69, 9.17) is 0 Å². The fourth-order valence-corrected chi connectivity index (χ4v) is 2.67. The van der Waals surface area contributed by atoms with Gasteiger partial charge in [0.2, 0.25) is 0 Å². The van der Waals surface area contributed by atoms with E-state index in [1.54, 1.807) is 11.1 Å². The second kappa shape index (κ2) is 6.14. The monoisotopic (exact) mass is 342 g/mol. The van der Waals surface area contributed by atoms with Crippen molar-refractivity contribution in [2.45, 2.75) is 6.42 Å². The van der Waals surface area contributed by atoms with Gasteiger partial charge in [-0.15, -0.1) is 0 Å². The number of anilines is 1. The van der Waals surface area contributed by atoms with Crippen LogP contribution in [0.4, 0.5) is 10.5 Å². The number of hydrogen-bond donors (Lipinski definition) is 1. The highest BCUT2D eigenvalue weighted by molar-refractivity contribution is 9.10. The van der Waals surface area contributed by atoms with Crippen LogP contribution in [0.1, 0.15) is 11.1 Å². The van der Waals surface area contributed by atoms with Gasteiger partial charge in [0.15, 0.2) is 0 Å². The van der Waals surface area contributed by atoms with Gasteiger partial charge in [-0.05, 0) is 41.8 Å². The number of hydrogen-bond acceptors (Lipinski definition) is 1. The zero-order valence-corrected chi connectivity index (χ0v) is 13.0. The first kappa shape index (κ1) is 13.9. The molecule has 3 nitrogen and oxygen atoms in total. The van der Waals surface area contributed by atoms with Crippen LogP contribution in [0.5, 0.6) is 0 Å². The Bertz CT molecular complexity index is 679. The Balaban J connectivity index is 1.64. The summed E-state index contributed by atoms with van der Waals surface area (Å²) in [6, 6.07) is 15.8. The lowest BCUT2D eigenvalue weighted by Gasteiger charge is -2.16. The van der Waals surface area contributed by atoms with Crippen molar-refractivity contribution in [1.82, 2.24) is 5.32 Å². The lowest BCUT2D eigenvalue weighted by Crippen LogP contribution is -2.36. The Kier molecular flexibility index (Phi) is 4.06. The molecule has 0 aliphatic carbocycles. The van der Waals surface area contributed by atoms with E-state index in [0.717, 1.165) is 28.7 Å². The number of carbonyl (C=O) groups excluding carboxylic acids is 1. The molecular weight excluding hydrogens is 328 g/mol. The molecule has 0 aromatic heterocycles. The quantitative estimate of drug-likeness (QED) is 0.871. The maximum atomic E-state index is 12.2. The SMILES string of the molecule is O=C(N/C=C/c1ccc(Br)cc1)N1CCc2ccccc21. The van der Waals surface area contributed by atoms with E-state index in [1.165, 1.54) is 5.56 Å². The third-order valence-corrected chi connectivity index (χ3v) is 4.01. The number of carbonyl (C=O) groups is 1. The molecule has 106 valence electrons. The van der Waals surface area contributed by atoms with E-state index < -0.39 is 0 Å². The summed E-state index contributed by atoms with van der Waals surface area (Å²) in [5, 5.41) is 2.82. The van der Waals surface area contributed by atoms with Crippen LogP contribution in [-0.4, -0.2) is 12.6 Å². The first-order valence-electron chi connectivity index (χ1n) is 6.82. The molecule has 0 unspecified atom stereocenters. The molecule has 0 saturated heterocycles. The molecule has 0 radical (unpaired) electrons. The van der Waals surface area contributed by atoms with Gasteiger partial charge >= 0.3 is 6.03 Å². The number of para-hydroxylation sites is 1. The van der Waals surface area contributed by atoms with Crippen LogP contribution in [0.3, 0.4) is 0 Å². The molecule has 0 spiro atoms. The fraction of sp³-hybridized carbons (Fsp3) is 0.118. The van der Waals surface area contributed by atoms with Crippen LogP contribution in [-0.2, 0) is 6.42 Å². The summed E-state index contributed by atoms with van der Waals surface area (Å²) >= 11 is 3.40. The van der Waals surface area contributed by atoms with Crippen molar-refractivity contribution in [3.8, 4) is 0 Å². The van der Waals surface area contributed by atoms with E-state index in [9.17, 15) is 4.79 Å². The molecular formula is C17H15BrN2O. The minimum atomic E-state index is -0.0895. The van der Waals surface area contributed by atoms with Crippen LogP contribution in [0.25, 0.3) is 6.08 Å². The van der Waals surface area contributed by atoms with Crippen molar-refractivity contribution in [2.75, 3.05) is 11.4 Å². The molecule has 2 aromatic carbocycles. The summed E-state index contributed by atoms with van der Waals surface area (Å²) in [4.78, 5) is 14.0. The van der Waals surface area contributed by atoms with E-state index in [0.29, 0.717) is 0 Å². The van der Waals surface area contributed by atoms with Crippen LogP contribution in [0.2, 0.25) is 0 Å². The number of nitrogens with one attached hydrogen (secondary N) is 1. The Morgan fingerprint density at radius 2 is 1.90 bits per heavy atom. The minimum Gasteiger partial charge on any atom is -0.314 e. The lowest BCUT2D eigenvalue weighted by molar-refractivity contribution is 0.250. The maximum absolute atomic E-state index is 12.2. The average molecular weight is 343 g/mol. The number of rotatable bonds is 2. The summed E-state index contributed by atoms with van der Waals surface area (Å²) in [6.45, 7) is 0.733. The molecule has 1 N–H and O–H groups in total. The molecule has 1 aliphatic heterocycles. The predicted molar refractivity (Wildman–Crippen MR) is 89.2 cm³/mol. The van der Waals surface area contributed by atoms with Crippen molar-refractivity contribution in [3.63, 3.8) is 0 Å². The second-order valence-electron chi connectivity index (χ2n) is 4.86. The first-order chi connectivity index (χ1) is 10.2. The molecule has 1 heterocycles. The molecule has 0 atom stereocenters. The van der Waals surface area contributed by atoms with Crippen LogP contribution in [0.15, 0.2) is 59.2 Å². The highest BCUT2D eigenvalue weighted by Gasteiger charge is 2.23. The molecule has 4 heteroatoms. The zero-order chi connectivity index (χ0) is 14.7. The molecule has 2 aromatic rings. The van der Waals surface area contributed by atoms with Crippen LogP contribution >= 0.6 is 15.9 Å². The van der Waals surface area contributed by atoms with Crippen molar-refractivity contribution in [1.29, 1.82) is 0 Å². The van der Waals surface area contributed by atoms with Gasteiger partial charge in [0.1, 0.15) is 0 Å². The number of amides is 2. The standard InChI is InChI=1S/C17H15BrN2O/c18-15-7-5-13(6-8-15)9-11-19-17(21)20-12-10-14-3-1-2-4-16(14)20/h1-9,11H,10,12H2,(H,19,21)/b11-9+. The summed E-state index contributed by atoms with van der Waals surface area (Å²) in [7, 11) is 0. The van der Waals surface area contributed by atoms with Gasteiger partial charge in [0, 0.05) is 22.9 Å². The van der Waals surface area contributed by atoms with Gasteiger partial charge < -0.3 is 5.32 Å². The Morgan fingerprint density at radius 1 is 1.14 bits per heavy atom. The predicted octanol–water partition coefficient (Wildman–Crippen LogP) is 4.19. The molecule has 1 aliphatic rings. The summed E-state index contributed by atoms with van der Waals surface area (Å²) in [5.41, 5.74) is 3.27. The van der Waals surface area contributed by atoms with Gasteiger partial charge in [-0.2, -0.15) is 0 Å². The van der Waals surface area contributed by atoms with Gasteiger partial charge in [-0.1, -0.05) is 46.3 Å². The third-order valence-electron chi connectivity index (χ3n) is 3.48. The fourth-order valence-electron chi connectivity index (χ4n) is 2.41. The van der Waals surface area contributed by atoms with Gasteiger partial charge in [-0.25, -0.2) is 4.79 Å². The second-order valence-corrected chi connectivity index (χ2v) is 5.78. The van der Waals surface area contributed by atoms with E-state index >= 15 is 0 Å². The number of urea groups is 1. The van der Waals surface area contributed by atoms with Crippen molar-refractivity contribution in [3.05, 3.63) is 70.3 Å². The lowest BCUT2D eigenvalue weighted by atomic mass is 10.2. The molecule has 0 saturated carbocycles. The minimum absolute atomic E-state index is 0.0895. The highest BCUT2D eigenvalue weighted by Crippen LogP contribution is 2.27. The third kappa shape index (κ3) is 3.16. The molecule has 21 heavy (non-hydrogen) atoms. The van der Waals surface area contributed by atoms with Crippen LogP contribution < -0.4 is 10.2 Å². The number of nitrogens with zero attached hydrogens (tertiary/aromatic N) is 1. The molecule has 0 bridgehead atoms. The molecule has 0 fully saturated rings. The highest BCUT2D eigenvalue weighted by atomic mass is 79.9. The number of benzene rings is 2. The summed E-state index contributed by atoms with van der Waals surface area (Å²) in [5.74, 6) is 0. The van der Waals surface area contributed by atoms with Gasteiger partial charge in [-0.3, -0.25) is 4.90 Å². The van der Waals surface area contributed by atoms with E-state index in [-0.39, 0.29) is 6.03 Å². The van der Waals surface area contributed by atoms with Crippen molar-refractivity contribution < 1.29 is 4.79 Å². The normalized spacial score (nSPS) is 13.5. The topological polar surface area (TPSA) is 32.3 Å². The van der Waals surface area contributed by atoms with Gasteiger partial charge in [0.05, 0.1) is 0 Å². The van der Waals surface area contributed by atoms with Crippen LogP contribution in [0, 0.1) is 0 Å². The van der Waals surface area contributed by atoms with E-state index in [2.05, 4.69) is 27.3 Å². The zero-order valence-electron chi connectivity index (χ0n) is 11.4. The largest absolute Gasteiger partial charge is 0.325 e. The molecule has 3 rings (SSSR count). The van der Waals surface area contributed by atoms with Crippen molar-refractivity contribution >= 4 is 33.7 Å². The smallest absolute Gasteiger partial charge is 0.314 e. The number of fused-ring (bicyclic) bond motifs is 1. The Morgan fingerprint density at radius 3 is 2.71 bits per heavy atom. The number of halogens is 1. The Hall–Kier alpha value is -2.07. The Labute approximate surface area is 132 Å². The first-order valence-corrected chi connectivity index (χ1v) is 7.61. The molecule has 2 amide bonds. The summed E-state index contributed by atoms with van der Waals surface area (Å²) in [6.07, 6.45) is 4.48.